The van der Waals surface area contributed by atoms with Gasteiger partial charge < -0.3 is 32.4 Å². The summed E-state index contributed by atoms with van der Waals surface area (Å²) in [5, 5.41) is 0. The normalized spacial score (nSPS) is 16.6. The van der Waals surface area contributed by atoms with Crippen LogP contribution in [-0.4, -0.2) is 22.7 Å². The number of imidazole rings is 1. The second-order valence-corrected chi connectivity index (χ2v) is 5.49. The van der Waals surface area contributed by atoms with Gasteiger partial charge in [-0.25, -0.2) is 8.78 Å². The van der Waals surface area contributed by atoms with Crippen LogP contribution in [0.25, 0.3) is 0 Å². The number of halogens is 3. The van der Waals surface area contributed by atoms with E-state index in [2.05, 4.69) is 10.7 Å². The lowest BCUT2D eigenvalue weighted by Gasteiger charge is -2.27. The summed E-state index contributed by atoms with van der Waals surface area (Å²) in [6.45, 7) is 1.06. The molecular weight excluding hydrogens is 332 g/mol. The number of quaternary nitrogens is 1. The van der Waals surface area contributed by atoms with Crippen LogP contribution in [0.4, 0.5) is 8.78 Å². The third-order valence-corrected chi connectivity index (χ3v) is 3.96. The predicted molar refractivity (Wildman–Crippen MR) is 75.7 cm³/mol. The van der Waals surface area contributed by atoms with E-state index in [9.17, 15) is 8.78 Å². The van der Waals surface area contributed by atoms with Crippen molar-refractivity contribution in [2.24, 2.45) is 0 Å². The average molecular weight is 348 g/mol. The Morgan fingerprint density at radius 2 is 2.18 bits per heavy atom. The minimum Gasteiger partial charge on any atom is -1.00 e. The van der Waals surface area contributed by atoms with Crippen LogP contribution < -0.4 is 22.9 Å². The molecule has 2 heterocycles. The number of hydrogen-bond donors (Lipinski definition) is 2. The molecule has 0 saturated heterocycles. The first-order valence-corrected chi connectivity index (χ1v) is 7.19. The molecule has 1 aliphatic rings. The van der Waals surface area contributed by atoms with E-state index in [1.54, 1.807) is 0 Å². The van der Waals surface area contributed by atoms with Crippen molar-refractivity contribution in [3.8, 4) is 5.75 Å². The Morgan fingerprint density at radius 1 is 1.41 bits per heavy atom. The fourth-order valence-electron chi connectivity index (χ4n) is 2.77. The first-order chi connectivity index (χ1) is 10.1. The lowest BCUT2D eigenvalue weighted by molar-refractivity contribution is -0.366. The molecule has 2 aromatic rings. The minimum atomic E-state index is -0.654. The molecule has 0 bridgehead atoms. The van der Waals surface area contributed by atoms with Crippen LogP contribution in [0.1, 0.15) is 17.3 Å². The smallest absolute Gasteiger partial charge is 0.177 e. The number of nitrogens with one attached hydrogen (secondary N) is 1. The zero-order valence-corrected chi connectivity index (χ0v) is 13.3. The molecule has 22 heavy (non-hydrogen) atoms. The quantitative estimate of drug-likeness (QED) is 0.685. The van der Waals surface area contributed by atoms with Gasteiger partial charge in [0, 0.05) is 36.4 Å². The fraction of sp³-hybridized carbons (Fsp3) is 0.357. The van der Waals surface area contributed by atoms with Gasteiger partial charge >= 0.3 is 0 Å². The van der Waals surface area contributed by atoms with Gasteiger partial charge in [0.25, 0.3) is 0 Å². The summed E-state index contributed by atoms with van der Waals surface area (Å²) >= 11 is 5.30. The van der Waals surface area contributed by atoms with Gasteiger partial charge in [-0.3, -0.25) is 0 Å². The molecule has 0 saturated carbocycles. The summed E-state index contributed by atoms with van der Waals surface area (Å²) in [7, 11) is 0. The van der Waals surface area contributed by atoms with Crippen LogP contribution in [0, 0.1) is 16.4 Å². The maximum atomic E-state index is 13.7. The largest absolute Gasteiger partial charge is 1.00 e. The Kier molecular flexibility index (Phi) is 5.20. The van der Waals surface area contributed by atoms with E-state index < -0.39 is 11.6 Å². The summed E-state index contributed by atoms with van der Waals surface area (Å²) in [6.07, 6.45) is 3.13. The summed E-state index contributed by atoms with van der Waals surface area (Å²) in [5.41, 5.74) is 5.41. The Balaban J connectivity index is 0.00000176. The molecule has 0 spiro atoms. The van der Waals surface area contributed by atoms with Gasteiger partial charge in [-0.05, 0) is 18.3 Å². The zero-order valence-electron chi connectivity index (χ0n) is 11.7. The molecule has 0 unspecified atom stereocenters. The Labute approximate surface area is 137 Å². The van der Waals surface area contributed by atoms with Crippen LogP contribution in [0.5, 0.6) is 5.75 Å². The third kappa shape index (κ3) is 3.02. The number of aromatic nitrogens is 2. The van der Waals surface area contributed by atoms with Gasteiger partial charge in [0.15, 0.2) is 16.3 Å². The SMILES string of the molecule is [Cl-].[NH3+]CCc1c[nH]c(=S)n1[C@@H]1COc2c(F)cc(F)cc2C1. The second kappa shape index (κ2) is 6.76. The van der Waals surface area contributed by atoms with Crippen LogP contribution in [0.3, 0.4) is 0 Å². The van der Waals surface area contributed by atoms with Gasteiger partial charge in [0.2, 0.25) is 0 Å². The van der Waals surface area contributed by atoms with E-state index in [-0.39, 0.29) is 24.2 Å². The number of nitrogens with zero attached hydrogens (tertiary/aromatic N) is 1. The highest BCUT2D eigenvalue weighted by atomic mass is 35.5. The standard InChI is InChI=1S/C14H15F2N3OS.ClH/c15-9-3-8-4-11(7-20-13(8)12(16)5-9)19-10(1-2-17)6-18-14(19)21;/h3,5-6,11H,1-2,4,7,17H2,(H,18,21);1H/t11-;/m0./s1. The Bertz CT molecular complexity index is 731. The number of benzene rings is 1. The lowest BCUT2D eigenvalue weighted by atomic mass is 10.0. The monoisotopic (exact) mass is 347 g/mol. The number of aromatic amines is 1. The van der Waals surface area contributed by atoms with Crippen molar-refractivity contribution in [2.75, 3.05) is 13.2 Å². The second-order valence-electron chi connectivity index (χ2n) is 5.10. The molecule has 0 radical (unpaired) electrons. The maximum Gasteiger partial charge on any atom is 0.177 e. The van der Waals surface area contributed by atoms with E-state index >= 15 is 0 Å². The summed E-state index contributed by atoms with van der Waals surface area (Å²) in [5.74, 6) is -1.10. The molecule has 3 rings (SSSR count). The predicted octanol–water partition coefficient (Wildman–Crippen LogP) is -1.21. The molecule has 1 aromatic heterocycles. The van der Waals surface area contributed by atoms with E-state index in [1.807, 2.05) is 10.8 Å². The number of hydrogen-bond acceptors (Lipinski definition) is 2. The summed E-state index contributed by atoms with van der Waals surface area (Å²) in [4.78, 5) is 3.01. The number of ether oxygens (including phenoxy) is 1. The van der Waals surface area contributed by atoms with Crippen molar-refractivity contribution in [2.45, 2.75) is 18.9 Å². The van der Waals surface area contributed by atoms with Crippen molar-refractivity contribution < 1.29 is 31.7 Å². The summed E-state index contributed by atoms with van der Waals surface area (Å²) in [6, 6.07) is 2.09. The minimum absolute atomic E-state index is 0. The van der Waals surface area contributed by atoms with Crippen LogP contribution >= 0.6 is 12.2 Å². The topological polar surface area (TPSA) is 57.6 Å². The number of H-pyrrole nitrogens is 1. The van der Waals surface area contributed by atoms with Crippen LogP contribution in [-0.2, 0) is 12.8 Å². The van der Waals surface area contributed by atoms with Crippen molar-refractivity contribution in [1.82, 2.24) is 9.55 Å². The molecule has 8 heteroatoms. The third-order valence-electron chi connectivity index (χ3n) is 3.65. The highest BCUT2D eigenvalue weighted by Crippen LogP contribution is 2.33. The van der Waals surface area contributed by atoms with E-state index in [0.29, 0.717) is 23.4 Å². The maximum absolute atomic E-state index is 13.7. The van der Waals surface area contributed by atoms with E-state index in [1.165, 1.54) is 6.07 Å². The molecule has 4 nitrogen and oxygen atoms in total. The van der Waals surface area contributed by atoms with Gasteiger partial charge in [-0.15, -0.1) is 0 Å². The molecule has 1 aromatic carbocycles. The lowest BCUT2D eigenvalue weighted by Crippen LogP contribution is -3.00. The van der Waals surface area contributed by atoms with Crippen molar-refractivity contribution >= 4 is 12.2 Å². The fourth-order valence-corrected chi connectivity index (χ4v) is 3.10. The summed E-state index contributed by atoms with van der Waals surface area (Å²) < 4.78 is 35.1. The van der Waals surface area contributed by atoms with Crippen LogP contribution in [0.2, 0.25) is 0 Å². The molecule has 120 valence electrons. The van der Waals surface area contributed by atoms with Crippen molar-refractivity contribution in [3.63, 3.8) is 0 Å². The number of rotatable bonds is 3. The van der Waals surface area contributed by atoms with Gasteiger partial charge in [0.05, 0.1) is 12.6 Å². The molecule has 1 atom stereocenters. The first-order valence-electron chi connectivity index (χ1n) is 6.79. The van der Waals surface area contributed by atoms with Crippen molar-refractivity contribution in [3.05, 3.63) is 46.0 Å². The Hall–Kier alpha value is -1.44. The molecule has 0 amide bonds. The van der Waals surface area contributed by atoms with Crippen molar-refractivity contribution in [1.29, 1.82) is 0 Å². The van der Waals surface area contributed by atoms with Crippen LogP contribution in [0.15, 0.2) is 18.3 Å². The molecular formula is C14H16ClF2N3OS. The van der Waals surface area contributed by atoms with E-state index in [0.717, 1.165) is 24.7 Å². The Morgan fingerprint density at radius 3 is 2.91 bits per heavy atom. The zero-order chi connectivity index (χ0) is 15.0. The average Bonchev–Trinajstić information content (AvgIpc) is 2.79. The van der Waals surface area contributed by atoms with Gasteiger partial charge in [-0.2, -0.15) is 0 Å². The van der Waals surface area contributed by atoms with Gasteiger partial charge in [0.1, 0.15) is 12.4 Å². The van der Waals surface area contributed by atoms with Gasteiger partial charge in [-0.1, -0.05) is 0 Å². The molecule has 0 fully saturated rings. The highest BCUT2D eigenvalue weighted by Gasteiger charge is 2.26. The molecule has 4 N–H and O–H groups in total. The number of fused-ring (bicyclic) bond motifs is 1. The molecule has 0 aliphatic carbocycles. The molecule has 1 aliphatic heterocycles. The van der Waals surface area contributed by atoms with E-state index in [4.69, 9.17) is 17.0 Å². The highest BCUT2D eigenvalue weighted by molar-refractivity contribution is 7.71. The first kappa shape index (κ1) is 16.9.